The standard InChI is InChI=1S/C14H15N.C2H6/c1-3-11-10-14(15-13(11)4-2)12-8-6-5-7-9-12;1-2/h3-9,14-15H,1-2,10H2;1-2H3. The Morgan fingerprint density at radius 1 is 1.12 bits per heavy atom. The van der Waals surface area contributed by atoms with Crippen LogP contribution in [-0.4, -0.2) is 0 Å². The molecule has 0 fully saturated rings. The highest BCUT2D eigenvalue weighted by Crippen LogP contribution is 2.30. The second kappa shape index (κ2) is 6.74. The van der Waals surface area contributed by atoms with Gasteiger partial charge in [-0.05, 0) is 23.6 Å². The Balaban J connectivity index is 0.000000686. The molecule has 1 N–H and O–H groups in total. The molecule has 1 aliphatic heterocycles. The van der Waals surface area contributed by atoms with Gasteiger partial charge in [-0.15, -0.1) is 0 Å². The second-order valence-electron chi connectivity index (χ2n) is 3.66. The lowest BCUT2D eigenvalue weighted by atomic mass is 10.0. The molecule has 0 bridgehead atoms. The Morgan fingerprint density at radius 2 is 1.76 bits per heavy atom. The summed E-state index contributed by atoms with van der Waals surface area (Å²) in [6, 6.07) is 10.8. The molecule has 0 saturated carbocycles. The number of nitrogens with one attached hydrogen (secondary N) is 1. The molecule has 0 spiro atoms. The molecule has 1 heterocycles. The summed E-state index contributed by atoms with van der Waals surface area (Å²) in [6.07, 6.45) is 4.77. The molecule has 90 valence electrons. The number of hydrogen-bond donors (Lipinski definition) is 1. The number of benzene rings is 1. The van der Waals surface area contributed by atoms with E-state index in [0.717, 1.165) is 12.1 Å². The van der Waals surface area contributed by atoms with Crippen LogP contribution in [0.3, 0.4) is 0 Å². The number of rotatable bonds is 3. The van der Waals surface area contributed by atoms with Crippen molar-refractivity contribution in [3.8, 4) is 0 Å². The van der Waals surface area contributed by atoms with Crippen molar-refractivity contribution in [2.75, 3.05) is 0 Å². The van der Waals surface area contributed by atoms with E-state index in [1.54, 1.807) is 0 Å². The van der Waals surface area contributed by atoms with E-state index in [0.29, 0.717) is 6.04 Å². The first-order chi connectivity index (χ1) is 8.35. The van der Waals surface area contributed by atoms with Gasteiger partial charge in [0.1, 0.15) is 0 Å². The summed E-state index contributed by atoms with van der Waals surface area (Å²) in [5.74, 6) is 0. The fourth-order valence-electron chi connectivity index (χ4n) is 1.93. The van der Waals surface area contributed by atoms with Gasteiger partial charge in [-0.1, -0.05) is 63.4 Å². The second-order valence-corrected chi connectivity index (χ2v) is 3.66. The minimum atomic E-state index is 0.368. The molecule has 0 aromatic heterocycles. The van der Waals surface area contributed by atoms with Crippen LogP contribution in [0.4, 0.5) is 0 Å². The molecular formula is C16H21N. The SMILES string of the molecule is C=CC1=C(C=C)NC(c2ccccc2)C1.CC. The van der Waals surface area contributed by atoms with E-state index >= 15 is 0 Å². The fourth-order valence-corrected chi connectivity index (χ4v) is 1.93. The molecule has 0 amide bonds. The van der Waals surface area contributed by atoms with Crippen LogP contribution >= 0.6 is 0 Å². The lowest BCUT2D eigenvalue weighted by molar-refractivity contribution is 0.658. The number of allylic oxidation sites excluding steroid dienone is 2. The summed E-state index contributed by atoms with van der Waals surface area (Å²) in [5.41, 5.74) is 3.67. The van der Waals surface area contributed by atoms with Gasteiger partial charge in [0.15, 0.2) is 0 Å². The van der Waals surface area contributed by atoms with Gasteiger partial charge in [0.05, 0.1) is 6.04 Å². The van der Waals surface area contributed by atoms with Crippen molar-refractivity contribution >= 4 is 0 Å². The van der Waals surface area contributed by atoms with Crippen molar-refractivity contribution in [2.45, 2.75) is 26.3 Å². The summed E-state index contributed by atoms with van der Waals surface area (Å²) in [5, 5.41) is 3.45. The largest absolute Gasteiger partial charge is 0.378 e. The molecule has 1 aromatic carbocycles. The van der Waals surface area contributed by atoms with Gasteiger partial charge in [0, 0.05) is 5.70 Å². The third kappa shape index (κ3) is 3.10. The molecule has 1 atom stereocenters. The first-order valence-electron chi connectivity index (χ1n) is 6.14. The Hall–Kier alpha value is -1.76. The molecule has 1 aromatic rings. The lowest BCUT2D eigenvalue weighted by Gasteiger charge is -2.12. The van der Waals surface area contributed by atoms with E-state index in [-0.39, 0.29) is 0 Å². The van der Waals surface area contributed by atoms with Crippen molar-refractivity contribution in [3.05, 3.63) is 72.5 Å². The van der Waals surface area contributed by atoms with Gasteiger partial charge in [-0.3, -0.25) is 0 Å². The van der Waals surface area contributed by atoms with Crippen LogP contribution in [0.15, 0.2) is 66.9 Å². The zero-order valence-corrected chi connectivity index (χ0v) is 10.7. The van der Waals surface area contributed by atoms with Crippen molar-refractivity contribution in [2.24, 2.45) is 0 Å². The predicted molar refractivity (Wildman–Crippen MR) is 75.7 cm³/mol. The maximum Gasteiger partial charge on any atom is 0.0555 e. The molecule has 0 radical (unpaired) electrons. The van der Waals surface area contributed by atoms with E-state index in [1.165, 1.54) is 11.1 Å². The van der Waals surface area contributed by atoms with Gasteiger partial charge >= 0.3 is 0 Å². The van der Waals surface area contributed by atoms with E-state index in [2.05, 4.69) is 42.7 Å². The van der Waals surface area contributed by atoms with E-state index in [4.69, 9.17) is 0 Å². The summed E-state index contributed by atoms with van der Waals surface area (Å²) in [7, 11) is 0. The molecule has 17 heavy (non-hydrogen) atoms. The van der Waals surface area contributed by atoms with Gasteiger partial charge in [0.2, 0.25) is 0 Å². The molecule has 0 saturated heterocycles. The maximum atomic E-state index is 3.82. The highest BCUT2D eigenvalue weighted by molar-refractivity contribution is 5.38. The minimum Gasteiger partial charge on any atom is -0.378 e. The molecule has 1 unspecified atom stereocenters. The van der Waals surface area contributed by atoms with Crippen molar-refractivity contribution < 1.29 is 0 Å². The Morgan fingerprint density at radius 3 is 2.24 bits per heavy atom. The summed E-state index contributed by atoms with van der Waals surface area (Å²) < 4.78 is 0. The Bertz CT molecular complexity index is 381. The van der Waals surface area contributed by atoms with E-state index in [1.807, 2.05) is 32.1 Å². The third-order valence-electron chi connectivity index (χ3n) is 2.75. The lowest BCUT2D eigenvalue weighted by Crippen LogP contribution is -2.13. The van der Waals surface area contributed by atoms with E-state index in [9.17, 15) is 0 Å². The van der Waals surface area contributed by atoms with Crippen molar-refractivity contribution in [3.63, 3.8) is 0 Å². The molecule has 1 aliphatic rings. The molecular weight excluding hydrogens is 206 g/mol. The molecule has 0 aliphatic carbocycles. The highest BCUT2D eigenvalue weighted by Gasteiger charge is 2.20. The molecule has 1 heteroatoms. The smallest absolute Gasteiger partial charge is 0.0555 e. The van der Waals surface area contributed by atoms with Crippen molar-refractivity contribution in [1.29, 1.82) is 0 Å². The average Bonchev–Trinajstić information content (AvgIpc) is 2.85. The third-order valence-corrected chi connectivity index (χ3v) is 2.75. The van der Waals surface area contributed by atoms with Crippen LogP contribution in [0, 0.1) is 0 Å². The monoisotopic (exact) mass is 227 g/mol. The maximum absolute atomic E-state index is 3.82. The average molecular weight is 227 g/mol. The predicted octanol–water partition coefficient (Wildman–Crippen LogP) is 4.37. The quantitative estimate of drug-likeness (QED) is 0.808. The first kappa shape index (κ1) is 13.3. The first-order valence-corrected chi connectivity index (χ1v) is 6.14. The topological polar surface area (TPSA) is 12.0 Å². The molecule has 1 nitrogen and oxygen atoms in total. The van der Waals surface area contributed by atoms with Gasteiger partial charge < -0.3 is 5.32 Å². The zero-order chi connectivity index (χ0) is 12.7. The Labute approximate surface area is 105 Å². The Kier molecular flexibility index (Phi) is 5.28. The summed E-state index contributed by atoms with van der Waals surface area (Å²) >= 11 is 0. The van der Waals surface area contributed by atoms with Crippen molar-refractivity contribution in [1.82, 2.24) is 5.32 Å². The van der Waals surface area contributed by atoms with Gasteiger partial charge in [-0.25, -0.2) is 0 Å². The van der Waals surface area contributed by atoms with Crippen LogP contribution in [0.25, 0.3) is 0 Å². The minimum absolute atomic E-state index is 0.368. The number of hydrogen-bond acceptors (Lipinski definition) is 1. The van der Waals surface area contributed by atoms with E-state index < -0.39 is 0 Å². The summed E-state index contributed by atoms with van der Waals surface area (Å²) in [4.78, 5) is 0. The van der Waals surface area contributed by atoms with Crippen LogP contribution in [0.5, 0.6) is 0 Å². The normalized spacial score (nSPS) is 17.9. The van der Waals surface area contributed by atoms with Crippen LogP contribution in [0.2, 0.25) is 0 Å². The van der Waals surface area contributed by atoms with Crippen LogP contribution < -0.4 is 5.32 Å². The van der Waals surface area contributed by atoms with Gasteiger partial charge in [0.25, 0.3) is 0 Å². The van der Waals surface area contributed by atoms with Crippen LogP contribution in [0.1, 0.15) is 31.9 Å². The zero-order valence-electron chi connectivity index (χ0n) is 10.7. The fraction of sp³-hybridized carbons (Fsp3) is 0.250. The van der Waals surface area contributed by atoms with Crippen LogP contribution in [-0.2, 0) is 0 Å². The summed E-state index contributed by atoms with van der Waals surface area (Å²) in [6.45, 7) is 11.6. The highest BCUT2D eigenvalue weighted by atomic mass is 14.9. The van der Waals surface area contributed by atoms with Gasteiger partial charge in [-0.2, -0.15) is 0 Å². The molecule has 2 rings (SSSR count).